The number of rotatable bonds is 6. The van der Waals surface area contributed by atoms with Gasteiger partial charge in [0.15, 0.2) is 14.9 Å². The average Bonchev–Trinajstić information content (AvgIpc) is 2.29. The van der Waals surface area contributed by atoms with Gasteiger partial charge >= 0.3 is 0 Å². The molecule has 1 atom stereocenters. The molecule has 0 saturated carbocycles. The van der Waals surface area contributed by atoms with Crippen LogP contribution in [0, 0.1) is 5.92 Å². The first-order valence-corrected chi connectivity index (χ1v) is 7.78. The summed E-state index contributed by atoms with van der Waals surface area (Å²) in [5.74, 6) is 0.275. The Balaban J connectivity index is 2.94. The third kappa shape index (κ3) is 4.24. The molecule has 0 amide bonds. The van der Waals surface area contributed by atoms with Crippen molar-refractivity contribution in [2.24, 2.45) is 5.92 Å². The number of nitrogens with zero attached hydrogens (tertiary/aromatic N) is 2. The Labute approximate surface area is 107 Å². The third-order valence-corrected chi connectivity index (χ3v) is 4.69. The Morgan fingerprint density at radius 2 is 2.12 bits per heavy atom. The minimum Gasteiger partial charge on any atom is -0.241 e. The Bertz CT molecular complexity index is 462. The fourth-order valence-corrected chi connectivity index (χ4v) is 3.24. The highest BCUT2D eigenvalue weighted by molar-refractivity contribution is 7.91. The van der Waals surface area contributed by atoms with Gasteiger partial charge in [0.25, 0.3) is 0 Å². The first-order valence-electron chi connectivity index (χ1n) is 5.59. The number of hydrogen-bond donors (Lipinski definition) is 0. The summed E-state index contributed by atoms with van der Waals surface area (Å²) in [6.07, 6.45) is 2.99. The van der Waals surface area contributed by atoms with Crippen molar-refractivity contribution < 1.29 is 8.42 Å². The van der Waals surface area contributed by atoms with E-state index >= 15 is 0 Å². The topological polar surface area (TPSA) is 59.9 Å². The molecule has 0 aliphatic carbocycles. The van der Waals surface area contributed by atoms with Crippen LogP contribution in [0.1, 0.15) is 26.0 Å². The normalized spacial score (nSPS) is 13.6. The van der Waals surface area contributed by atoms with E-state index in [9.17, 15) is 8.42 Å². The second-order valence-corrected chi connectivity index (χ2v) is 6.43. The number of alkyl halides is 1. The summed E-state index contributed by atoms with van der Waals surface area (Å²) in [6, 6.07) is 1.56. The van der Waals surface area contributed by atoms with Gasteiger partial charge in [-0.05, 0) is 18.4 Å². The van der Waals surface area contributed by atoms with Gasteiger partial charge in [-0.25, -0.2) is 18.4 Å². The smallest absolute Gasteiger partial charge is 0.196 e. The van der Waals surface area contributed by atoms with E-state index in [1.165, 1.54) is 6.33 Å². The van der Waals surface area contributed by atoms with Crippen LogP contribution >= 0.6 is 11.6 Å². The van der Waals surface area contributed by atoms with E-state index in [2.05, 4.69) is 9.97 Å². The van der Waals surface area contributed by atoms with Gasteiger partial charge in [0, 0.05) is 11.6 Å². The summed E-state index contributed by atoms with van der Waals surface area (Å²) >= 11 is 5.63. The van der Waals surface area contributed by atoms with Crippen molar-refractivity contribution in [2.45, 2.75) is 31.7 Å². The zero-order valence-electron chi connectivity index (χ0n) is 10.1. The van der Waals surface area contributed by atoms with Gasteiger partial charge in [0.05, 0.1) is 5.75 Å². The molecule has 0 fully saturated rings. The molecule has 0 aliphatic rings. The van der Waals surface area contributed by atoms with Crippen molar-refractivity contribution in [1.29, 1.82) is 0 Å². The molecule has 1 aromatic heterocycles. The van der Waals surface area contributed by atoms with Crippen molar-refractivity contribution in [1.82, 2.24) is 9.97 Å². The van der Waals surface area contributed by atoms with Crippen molar-refractivity contribution in [3.63, 3.8) is 0 Å². The Morgan fingerprint density at radius 3 is 2.71 bits per heavy atom. The molecule has 0 spiro atoms. The molecule has 1 unspecified atom stereocenters. The van der Waals surface area contributed by atoms with Crippen molar-refractivity contribution >= 4 is 21.4 Å². The van der Waals surface area contributed by atoms with Gasteiger partial charge in [-0.2, -0.15) is 0 Å². The molecule has 0 aromatic carbocycles. The van der Waals surface area contributed by atoms with Crippen LogP contribution in [0.4, 0.5) is 0 Å². The van der Waals surface area contributed by atoms with E-state index in [1.807, 2.05) is 6.92 Å². The fourth-order valence-electron chi connectivity index (χ4n) is 1.44. The van der Waals surface area contributed by atoms with E-state index in [-0.39, 0.29) is 16.7 Å². The summed E-state index contributed by atoms with van der Waals surface area (Å²) in [4.78, 5) is 7.88. The van der Waals surface area contributed by atoms with Crippen LogP contribution in [-0.4, -0.2) is 30.0 Å². The molecule has 0 radical (unpaired) electrons. The largest absolute Gasteiger partial charge is 0.241 e. The van der Waals surface area contributed by atoms with Gasteiger partial charge in [-0.1, -0.05) is 20.3 Å². The van der Waals surface area contributed by atoms with Crippen LogP contribution in [0.2, 0.25) is 0 Å². The highest BCUT2D eigenvalue weighted by Crippen LogP contribution is 2.13. The number of sulfone groups is 1. The lowest BCUT2D eigenvalue weighted by atomic mass is 10.2. The van der Waals surface area contributed by atoms with Gasteiger partial charge in [-0.3, -0.25) is 0 Å². The Kier molecular flexibility index (Phi) is 5.33. The van der Waals surface area contributed by atoms with Crippen LogP contribution in [-0.2, 0) is 16.3 Å². The molecule has 0 aliphatic heterocycles. The van der Waals surface area contributed by atoms with Crippen LogP contribution in [0.15, 0.2) is 17.4 Å². The third-order valence-electron chi connectivity index (χ3n) is 2.29. The number of hydrogen-bond acceptors (Lipinski definition) is 4. The molecule has 1 rings (SSSR count). The van der Waals surface area contributed by atoms with Crippen LogP contribution in [0.25, 0.3) is 0 Å². The molecule has 17 heavy (non-hydrogen) atoms. The molecular formula is C11H17ClN2O2S. The Morgan fingerprint density at radius 1 is 1.41 bits per heavy atom. The maximum absolute atomic E-state index is 12.0. The van der Waals surface area contributed by atoms with E-state index in [0.29, 0.717) is 5.88 Å². The summed E-state index contributed by atoms with van der Waals surface area (Å²) in [5.41, 5.74) is 0.764. The predicted octanol–water partition coefficient (Wildman–Crippen LogP) is 2.08. The summed E-state index contributed by atoms with van der Waals surface area (Å²) < 4.78 is 24.0. The maximum Gasteiger partial charge on any atom is 0.196 e. The van der Waals surface area contributed by atoms with Crippen LogP contribution < -0.4 is 0 Å². The summed E-state index contributed by atoms with van der Waals surface area (Å²) in [6.45, 7) is 3.82. The Hall–Kier alpha value is -0.680. The minimum atomic E-state index is -3.35. The van der Waals surface area contributed by atoms with E-state index in [4.69, 9.17) is 11.6 Å². The van der Waals surface area contributed by atoms with E-state index in [0.717, 1.165) is 18.5 Å². The number of halogens is 1. The number of aromatic nitrogens is 2. The molecule has 6 heteroatoms. The molecule has 1 aromatic rings. The van der Waals surface area contributed by atoms with Gasteiger partial charge in [-0.15, -0.1) is 11.6 Å². The van der Waals surface area contributed by atoms with Crippen LogP contribution in [0.3, 0.4) is 0 Å². The highest BCUT2D eigenvalue weighted by Gasteiger charge is 2.20. The monoisotopic (exact) mass is 276 g/mol. The zero-order valence-corrected chi connectivity index (χ0v) is 11.6. The molecule has 96 valence electrons. The van der Waals surface area contributed by atoms with Crippen molar-refractivity contribution in [2.75, 3.05) is 11.6 Å². The average molecular weight is 277 g/mol. The van der Waals surface area contributed by atoms with Gasteiger partial charge in [0.2, 0.25) is 0 Å². The molecular weight excluding hydrogens is 260 g/mol. The van der Waals surface area contributed by atoms with Gasteiger partial charge < -0.3 is 0 Å². The predicted molar refractivity (Wildman–Crippen MR) is 68.0 cm³/mol. The fraction of sp³-hybridized carbons (Fsp3) is 0.636. The summed E-state index contributed by atoms with van der Waals surface area (Å²) in [5, 5.41) is 0.105. The minimum absolute atomic E-state index is 0.0269. The summed E-state index contributed by atoms with van der Waals surface area (Å²) in [7, 11) is -3.35. The SMILES string of the molecule is CCCc1cc(S(=O)(=O)CC(C)CCl)ncn1. The quantitative estimate of drug-likeness (QED) is 0.590. The second kappa shape index (κ2) is 6.31. The van der Waals surface area contributed by atoms with Crippen LogP contribution in [0.5, 0.6) is 0 Å². The first-order chi connectivity index (χ1) is 7.99. The molecule has 0 N–H and O–H groups in total. The second-order valence-electron chi connectivity index (χ2n) is 4.14. The standard InChI is InChI=1S/C11H17ClN2O2S/c1-3-4-10-5-11(14-8-13-10)17(15,16)7-9(2)6-12/h5,8-9H,3-4,6-7H2,1-2H3. The van der Waals surface area contributed by atoms with Crippen molar-refractivity contribution in [3.8, 4) is 0 Å². The zero-order chi connectivity index (χ0) is 12.9. The maximum atomic E-state index is 12.0. The first kappa shape index (κ1) is 14.4. The molecule has 0 bridgehead atoms. The van der Waals surface area contributed by atoms with Crippen molar-refractivity contribution in [3.05, 3.63) is 18.1 Å². The van der Waals surface area contributed by atoms with Gasteiger partial charge in [0.1, 0.15) is 6.33 Å². The molecule has 1 heterocycles. The van der Waals surface area contributed by atoms with E-state index < -0.39 is 9.84 Å². The molecule has 4 nitrogen and oxygen atoms in total. The lowest BCUT2D eigenvalue weighted by Crippen LogP contribution is -2.16. The van der Waals surface area contributed by atoms with E-state index in [1.54, 1.807) is 13.0 Å². The lowest BCUT2D eigenvalue weighted by Gasteiger charge is -2.08. The molecule has 0 saturated heterocycles. The number of aryl methyl sites for hydroxylation is 1. The highest BCUT2D eigenvalue weighted by atomic mass is 35.5. The lowest BCUT2D eigenvalue weighted by molar-refractivity contribution is 0.578.